The van der Waals surface area contributed by atoms with Crippen molar-refractivity contribution in [2.75, 3.05) is 25.1 Å². The Morgan fingerprint density at radius 1 is 1.36 bits per heavy atom. The molecule has 0 aliphatic carbocycles. The van der Waals surface area contributed by atoms with Crippen LogP contribution in [0.1, 0.15) is 18.3 Å². The Hall–Kier alpha value is -3.03. The van der Waals surface area contributed by atoms with Crippen molar-refractivity contribution in [2.45, 2.75) is 25.2 Å². The third-order valence-corrected chi connectivity index (χ3v) is 5.27. The van der Waals surface area contributed by atoms with Gasteiger partial charge in [0.1, 0.15) is 18.0 Å². The molecule has 1 amide bonds. The monoisotopic (exact) mass is 487 g/mol. The van der Waals surface area contributed by atoms with E-state index in [0.29, 0.717) is 36.2 Å². The zero-order valence-electron chi connectivity index (χ0n) is 17.2. The fourth-order valence-corrected chi connectivity index (χ4v) is 3.48. The predicted molar refractivity (Wildman–Crippen MR) is 108 cm³/mol. The van der Waals surface area contributed by atoms with Gasteiger partial charge < -0.3 is 15.4 Å². The molecule has 3 aromatic heterocycles. The van der Waals surface area contributed by atoms with Crippen LogP contribution in [0, 0.1) is 5.82 Å². The molecule has 1 saturated heterocycles. The molecule has 1 aliphatic heterocycles. The zero-order chi connectivity index (χ0) is 23.8. The zero-order valence-corrected chi connectivity index (χ0v) is 17.9. The number of hydrogen-bond acceptors (Lipinski definition) is 6. The number of aromatic nitrogens is 5. The number of nitrogens with zero attached hydrogens (tertiary/aromatic N) is 5. The molecule has 0 radical (unpaired) electrons. The summed E-state index contributed by atoms with van der Waals surface area (Å²) in [5.41, 5.74) is -1.08. The molecule has 2 N–H and O–H groups in total. The Morgan fingerprint density at radius 2 is 2.15 bits per heavy atom. The Morgan fingerprint density at radius 3 is 2.79 bits per heavy atom. The molecule has 1 atom stereocenters. The number of imidazole rings is 1. The molecule has 9 nitrogen and oxygen atoms in total. The van der Waals surface area contributed by atoms with Crippen LogP contribution < -0.4 is 10.6 Å². The quantitative estimate of drug-likeness (QED) is 0.537. The van der Waals surface area contributed by atoms with E-state index in [1.54, 1.807) is 6.20 Å². The highest BCUT2D eigenvalue weighted by atomic mass is 35.5. The molecule has 3 aromatic rings. The SMILES string of the molecule is C[C@]1(c2cn(-c3ncc(NC(=O)Cn4nc(C(F)(F)F)cc4Cl)cc3F)cn2)COCCN1. The number of morpholine rings is 1. The minimum atomic E-state index is -4.70. The van der Waals surface area contributed by atoms with Crippen LogP contribution in [0.2, 0.25) is 5.15 Å². The van der Waals surface area contributed by atoms with Crippen molar-refractivity contribution in [3.8, 4) is 5.82 Å². The van der Waals surface area contributed by atoms with Gasteiger partial charge in [-0.2, -0.15) is 18.3 Å². The number of carbonyl (C=O) groups excluding carboxylic acids is 1. The minimum absolute atomic E-state index is 0.00946. The summed E-state index contributed by atoms with van der Waals surface area (Å²) in [5, 5.41) is 8.57. The van der Waals surface area contributed by atoms with Crippen molar-refractivity contribution in [3.63, 3.8) is 0 Å². The first-order valence-corrected chi connectivity index (χ1v) is 10.1. The first-order chi connectivity index (χ1) is 15.5. The standard InChI is InChI=1S/C19H18ClF4N7O2/c1-18(9-33-3-2-27-18)14-7-30(10-26-14)17-12(21)4-11(6-25-17)28-16(32)8-31-15(20)5-13(29-31)19(22,23)24/h4-7,10,27H,2-3,8-9H2,1H3,(H,28,32)/t18-/m1/s1. The van der Waals surface area contributed by atoms with Crippen LogP contribution in [-0.2, 0) is 27.8 Å². The number of rotatable bonds is 5. The van der Waals surface area contributed by atoms with Crippen LogP contribution >= 0.6 is 11.6 Å². The molecule has 0 spiro atoms. The predicted octanol–water partition coefficient (Wildman–Crippen LogP) is 2.75. The number of pyridine rings is 1. The molecule has 33 heavy (non-hydrogen) atoms. The topological polar surface area (TPSA) is 98.9 Å². The lowest BCUT2D eigenvalue weighted by atomic mass is 9.99. The van der Waals surface area contributed by atoms with Gasteiger partial charge in [-0.25, -0.2) is 19.0 Å². The van der Waals surface area contributed by atoms with Crippen molar-refractivity contribution >= 4 is 23.2 Å². The molecule has 0 saturated carbocycles. The number of halogens is 5. The van der Waals surface area contributed by atoms with E-state index in [9.17, 15) is 22.4 Å². The fourth-order valence-electron chi connectivity index (χ4n) is 3.28. The van der Waals surface area contributed by atoms with Gasteiger partial charge in [0, 0.05) is 24.9 Å². The van der Waals surface area contributed by atoms with Crippen molar-refractivity contribution < 1.29 is 27.1 Å². The average Bonchev–Trinajstić information content (AvgIpc) is 3.36. The first-order valence-electron chi connectivity index (χ1n) is 9.69. The normalized spacial score (nSPS) is 19.0. The highest BCUT2D eigenvalue weighted by Gasteiger charge is 2.35. The van der Waals surface area contributed by atoms with Gasteiger partial charge in [-0.3, -0.25) is 9.36 Å². The molecule has 1 fully saturated rings. The van der Waals surface area contributed by atoms with Crippen LogP contribution in [-0.4, -0.2) is 50.0 Å². The van der Waals surface area contributed by atoms with E-state index in [4.69, 9.17) is 16.3 Å². The lowest BCUT2D eigenvalue weighted by Crippen LogP contribution is -2.49. The van der Waals surface area contributed by atoms with E-state index >= 15 is 0 Å². The number of amides is 1. The molecular formula is C19H18ClF4N7O2. The third kappa shape index (κ3) is 4.99. The maximum atomic E-state index is 14.7. The number of hydrogen-bond donors (Lipinski definition) is 2. The lowest BCUT2D eigenvalue weighted by Gasteiger charge is -2.33. The maximum Gasteiger partial charge on any atom is 0.435 e. The number of anilines is 1. The second-order valence-electron chi connectivity index (χ2n) is 7.56. The Labute approximate surface area is 189 Å². The molecule has 14 heteroatoms. The number of nitrogens with one attached hydrogen (secondary N) is 2. The first kappa shape index (κ1) is 23.1. The minimum Gasteiger partial charge on any atom is -0.378 e. The lowest BCUT2D eigenvalue weighted by molar-refractivity contribution is -0.141. The summed E-state index contributed by atoms with van der Waals surface area (Å²) in [4.78, 5) is 20.5. The van der Waals surface area contributed by atoms with E-state index in [1.807, 2.05) is 6.92 Å². The number of alkyl halides is 3. The number of carbonyl (C=O) groups is 1. The summed E-state index contributed by atoms with van der Waals surface area (Å²) in [6, 6.07) is 1.65. The molecular weight excluding hydrogens is 470 g/mol. The molecule has 176 valence electrons. The molecule has 4 rings (SSSR count). The van der Waals surface area contributed by atoms with Crippen LogP contribution in [0.25, 0.3) is 5.82 Å². The van der Waals surface area contributed by atoms with E-state index < -0.39 is 35.7 Å². The van der Waals surface area contributed by atoms with Gasteiger partial charge in [-0.15, -0.1) is 0 Å². The average molecular weight is 488 g/mol. The second kappa shape index (κ2) is 8.72. The molecule has 4 heterocycles. The molecule has 0 unspecified atom stereocenters. The Kier molecular flexibility index (Phi) is 6.12. The Bertz CT molecular complexity index is 1170. The molecule has 0 aromatic carbocycles. The van der Waals surface area contributed by atoms with Gasteiger partial charge in [0.15, 0.2) is 17.3 Å². The van der Waals surface area contributed by atoms with Gasteiger partial charge >= 0.3 is 6.18 Å². The summed E-state index contributed by atoms with van der Waals surface area (Å²) in [5.74, 6) is -1.55. The highest BCUT2D eigenvalue weighted by molar-refractivity contribution is 6.29. The van der Waals surface area contributed by atoms with Gasteiger partial charge in [0.2, 0.25) is 5.91 Å². The fraction of sp³-hybridized carbons (Fsp3) is 0.368. The summed E-state index contributed by atoms with van der Waals surface area (Å²) >= 11 is 5.71. The largest absolute Gasteiger partial charge is 0.435 e. The van der Waals surface area contributed by atoms with Crippen molar-refractivity contribution in [2.24, 2.45) is 0 Å². The van der Waals surface area contributed by atoms with Crippen LogP contribution in [0.3, 0.4) is 0 Å². The summed E-state index contributed by atoms with van der Waals surface area (Å²) < 4.78 is 60.4. The van der Waals surface area contributed by atoms with Crippen LogP contribution in [0.5, 0.6) is 0 Å². The third-order valence-electron chi connectivity index (χ3n) is 4.96. The van der Waals surface area contributed by atoms with Gasteiger partial charge in [-0.05, 0) is 6.92 Å². The van der Waals surface area contributed by atoms with Gasteiger partial charge in [0.05, 0.1) is 36.3 Å². The highest BCUT2D eigenvalue weighted by Crippen LogP contribution is 2.30. The van der Waals surface area contributed by atoms with Gasteiger partial charge in [0.25, 0.3) is 0 Å². The summed E-state index contributed by atoms with van der Waals surface area (Å²) in [6.07, 6.45) is -0.438. The van der Waals surface area contributed by atoms with E-state index in [-0.39, 0.29) is 16.7 Å². The Balaban J connectivity index is 1.45. The molecule has 1 aliphatic rings. The summed E-state index contributed by atoms with van der Waals surface area (Å²) in [6.45, 7) is 2.98. The van der Waals surface area contributed by atoms with E-state index in [0.717, 1.165) is 6.07 Å². The molecule has 0 bridgehead atoms. The van der Waals surface area contributed by atoms with Crippen molar-refractivity contribution in [3.05, 3.63) is 53.2 Å². The van der Waals surface area contributed by atoms with E-state index in [2.05, 4.69) is 25.7 Å². The smallest absolute Gasteiger partial charge is 0.378 e. The number of ether oxygens (including phenoxy) is 1. The van der Waals surface area contributed by atoms with Gasteiger partial charge in [-0.1, -0.05) is 11.6 Å². The van der Waals surface area contributed by atoms with Crippen molar-refractivity contribution in [1.29, 1.82) is 0 Å². The van der Waals surface area contributed by atoms with Crippen LogP contribution in [0.15, 0.2) is 30.9 Å². The second-order valence-corrected chi connectivity index (χ2v) is 7.95. The maximum absolute atomic E-state index is 14.7. The van der Waals surface area contributed by atoms with Crippen molar-refractivity contribution in [1.82, 2.24) is 29.6 Å². The van der Waals surface area contributed by atoms with Crippen LogP contribution in [0.4, 0.5) is 23.2 Å². The van der Waals surface area contributed by atoms with E-state index in [1.165, 1.54) is 17.1 Å². The summed E-state index contributed by atoms with van der Waals surface area (Å²) in [7, 11) is 0.